The van der Waals surface area contributed by atoms with Gasteiger partial charge in [0.15, 0.2) is 0 Å². The Kier molecular flexibility index (Phi) is 4.67. The molecule has 0 unspecified atom stereocenters. The molecule has 2 aliphatic rings. The summed E-state index contributed by atoms with van der Waals surface area (Å²) < 4.78 is 20.8. The fraction of sp³-hybridized carbons (Fsp3) is 0.417. The first-order valence-electron chi connectivity index (χ1n) is 6.91. The molecule has 0 aromatic carbocycles. The topological polar surface area (TPSA) is 114 Å². The van der Waals surface area contributed by atoms with Crippen molar-refractivity contribution in [1.29, 1.82) is 0 Å². The number of hydrogen-bond acceptors (Lipinski definition) is 8. The van der Waals surface area contributed by atoms with Crippen LogP contribution in [-0.4, -0.2) is 35.4 Å². The molecule has 11 heteroatoms. The fourth-order valence-corrected chi connectivity index (χ4v) is 1.84. The Morgan fingerprint density at radius 2 is 1.48 bits per heavy atom. The number of carbonyl (C=O) groups is 4. The van der Waals surface area contributed by atoms with Crippen molar-refractivity contribution in [3.05, 3.63) is 18.7 Å². The zero-order valence-electron chi connectivity index (χ0n) is 12.6. The van der Waals surface area contributed by atoms with Gasteiger partial charge in [-0.3, -0.25) is 0 Å². The van der Waals surface area contributed by atoms with Gasteiger partial charge >= 0.3 is 30.8 Å². The minimum Gasteiger partial charge on any atom is -0.576 e. The number of aryl methyl sites for hydroxylation is 2. The van der Waals surface area contributed by atoms with Crippen molar-refractivity contribution in [2.75, 3.05) is 0 Å². The summed E-state index contributed by atoms with van der Waals surface area (Å²) in [7, 11) is 2.04. The lowest BCUT2D eigenvalue weighted by Crippen LogP contribution is -2.40. The molecule has 124 valence electrons. The van der Waals surface area contributed by atoms with Crippen LogP contribution in [0.25, 0.3) is 0 Å². The van der Waals surface area contributed by atoms with Gasteiger partial charge < -0.3 is 18.6 Å². The summed E-state index contributed by atoms with van der Waals surface area (Å²) in [6, 6.07) is 0. The Morgan fingerprint density at radius 1 is 1.00 bits per heavy atom. The zero-order chi connectivity index (χ0) is 17.0. The van der Waals surface area contributed by atoms with Crippen LogP contribution in [-0.2, 0) is 51.4 Å². The number of unbranched alkanes of at least 4 members (excludes halogenated alkanes) is 1. The first-order chi connectivity index (χ1) is 10.8. The van der Waals surface area contributed by atoms with Crippen LogP contribution in [0.4, 0.5) is 0 Å². The van der Waals surface area contributed by atoms with E-state index < -0.39 is 30.8 Å². The predicted molar refractivity (Wildman–Crippen MR) is 70.6 cm³/mol. The number of carbonyl (C=O) groups excluding carboxylic acids is 4. The maximum atomic E-state index is 10.5. The van der Waals surface area contributed by atoms with Crippen LogP contribution >= 0.6 is 0 Å². The molecule has 3 rings (SSSR count). The van der Waals surface area contributed by atoms with E-state index in [0.29, 0.717) is 0 Å². The largest absolute Gasteiger partial charge is 0.786 e. The van der Waals surface area contributed by atoms with Crippen molar-refractivity contribution in [2.24, 2.45) is 7.05 Å². The summed E-state index contributed by atoms with van der Waals surface area (Å²) in [6.07, 6.45) is 8.82. The smallest absolute Gasteiger partial charge is 0.576 e. The van der Waals surface area contributed by atoms with E-state index >= 15 is 0 Å². The van der Waals surface area contributed by atoms with Gasteiger partial charge in [-0.15, -0.1) is 0 Å². The first kappa shape index (κ1) is 16.5. The van der Waals surface area contributed by atoms with Crippen molar-refractivity contribution in [1.82, 2.24) is 4.57 Å². The third-order valence-electron chi connectivity index (χ3n) is 2.93. The van der Waals surface area contributed by atoms with Crippen molar-refractivity contribution < 1.29 is 42.4 Å². The Labute approximate surface area is 130 Å². The Balaban J connectivity index is 0.000000174. The maximum absolute atomic E-state index is 10.5. The van der Waals surface area contributed by atoms with E-state index in [0.717, 1.165) is 6.54 Å². The van der Waals surface area contributed by atoms with E-state index in [4.69, 9.17) is 0 Å². The molecule has 3 heterocycles. The number of aromatic nitrogens is 2. The molecule has 2 saturated heterocycles. The highest BCUT2D eigenvalue weighted by Gasteiger charge is 2.60. The third kappa shape index (κ3) is 3.87. The monoisotopic (exact) mass is 326 g/mol. The number of nitrogens with zero attached hydrogens (tertiary/aromatic N) is 2. The van der Waals surface area contributed by atoms with Crippen molar-refractivity contribution >= 4 is 30.8 Å². The molecule has 0 aliphatic carbocycles. The Morgan fingerprint density at radius 3 is 1.83 bits per heavy atom. The van der Waals surface area contributed by atoms with Crippen molar-refractivity contribution in [3.8, 4) is 0 Å². The fourth-order valence-electron chi connectivity index (χ4n) is 1.84. The van der Waals surface area contributed by atoms with Gasteiger partial charge in [0.25, 0.3) is 0 Å². The van der Waals surface area contributed by atoms with E-state index in [1.807, 2.05) is 7.05 Å². The van der Waals surface area contributed by atoms with Gasteiger partial charge in [-0.05, 0) is 6.42 Å². The second kappa shape index (κ2) is 6.50. The molecule has 0 amide bonds. The van der Waals surface area contributed by atoms with Crippen LogP contribution in [0.2, 0.25) is 0 Å². The van der Waals surface area contributed by atoms with Crippen molar-refractivity contribution in [3.63, 3.8) is 0 Å². The molecule has 2 fully saturated rings. The molecular weight excluding hydrogens is 311 g/mol. The Bertz CT molecular complexity index is 586. The maximum Gasteiger partial charge on any atom is 0.786 e. The van der Waals surface area contributed by atoms with Gasteiger partial charge in [0.05, 0.1) is 13.6 Å². The van der Waals surface area contributed by atoms with E-state index in [9.17, 15) is 19.2 Å². The van der Waals surface area contributed by atoms with Gasteiger partial charge in [0.2, 0.25) is 6.33 Å². The lowest BCUT2D eigenvalue weighted by atomic mass is 10.1. The minimum atomic E-state index is -3.30. The summed E-state index contributed by atoms with van der Waals surface area (Å²) >= 11 is 0. The molecule has 0 atom stereocenters. The Hall–Kier alpha value is -2.85. The standard InChI is InChI=1S/C8H15N2.C4BO8/c1-3-4-5-10-7-6-9(2)8-10;6-1-2(7)11-5(10-1)12-3(8)4(9)13-5/h6-8H,3-5H2,1-2H3;/q+1;-1. The van der Waals surface area contributed by atoms with Crippen LogP contribution in [0.1, 0.15) is 19.8 Å². The molecule has 10 nitrogen and oxygen atoms in total. The molecule has 1 aromatic rings. The van der Waals surface area contributed by atoms with Crippen LogP contribution in [0.3, 0.4) is 0 Å². The number of imidazole rings is 1. The third-order valence-corrected chi connectivity index (χ3v) is 2.93. The van der Waals surface area contributed by atoms with Gasteiger partial charge in [-0.25, -0.2) is 28.3 Å². The van der Waals surface area contributed by atoms with Gasteiger partial charge in [-0.1, -0.05) is 13.3 Å². The van der Waals surface area contributed by atoms with Crippen LogP contribution < -0.4 is 4.57 Å². The van der Waals surface area contributed by atoms with Gasteiger partial charge in [0.1, 0.15) is 12.4 Å². The first-order valence-corrected chi connectivity index (χ1v) is 6.91. The number of rotatable bonds is 3. The summed E-state index contributed by atoms with van der Waals surface area (Å²) in [5, 5.41) is 0. The lowest BCUT2D eigenvalue weighted by molar-refractivity contribution is -0.671. The summed E-state index contributed by atoms with van der Waals surface area (Å²) in [6.45, 7) is 0.0656. The van der Waals surface area contributed by atoms with Gasteiger partial charge in [0, 0.05) is 0 Å². The molecule has 0 N–H and O–H groups in total. The van der Waals surface area contributed by atoms with E-state index in [1.165, 1.54) is 12.8 Å². The molecule has 1 spiro atoms. The normalized spacial score (nSPS) is 18.0. The lowest BCUT2D eigenvalue weighted by Gasteiger charge is -2.21. The second-order valence-corrected chi connectivity index (χ2v) is 4.87. The van der Waals surface area contributed by atoms with Gasteiger partial charge in [-0.2, -0.15) is 0 Å². The summed E-state index contributed by atoms with van der Waals surface area (Å²) in [5.74, 6) is -5.49. The summed E-state index contributed by atoms with van der Waals surface area (Å²) in [4.78, 5) is 41.9. The molecular formula is C12H15BN2O8. The molecule has 0 bridgehead atoms. The second-order valence-electron chi connectivity index (χ2n) is 4.87. The molecule has 1 aromatic heterocycles. The molecule has 2 aliphatic heterocycles. The quantitative estimate of drug-likeness (QED) is 0.384. The SMILES string of the molecule is CCCCn1cc[n+](C)c1.O=C1O[B-]2(OC1=O)OC(=O)C(=O)O2. The van der Waals surface area contributed by atoms with Crippen LogP contribution in [0, 0.1) is 0 Å². The van der Waals surface area contributed by atoms with Crippen LogP contribution in [0.15, 0.2) is 18.7 Å². The minimum absolute atomic E-state index is 1.15. The van der Waals surface area contributed by atoms with E-state index in [-0.39, 0.29) is 0 Å². The predicted octanol–water partition coefficient (Wildman–Crippen LogP) is -1.27. The molecule has 23 heavy (non-hydrogen) atoms. The summed E-state index contributed by atoms with van der Waals surface area (Å²) in [5.41, 5.74) is 0. The van der Waals surface area contributed by atoms with E-state index in [2.05, 4.69) is 53.4 Å². The van der Waals surface area contributed by atoms with E-state index in [1.54, 1.807) is 0 Å². The van der Waals surface area contributed by atoms with Crippen molar-refractivity contribution in [2.45, 2.75) is 26.3 Å². The highest BCUT2D eigenvalue weighted by Crippen LogP contribution is 2.24. The average Bonchev–Trinajstić information content (AvgIpc) is 3.09. The number of hydrogen-bond donors (Lipinski definition) is 0. The average molecular weight is 326 g/mol. The molecule has 0 radical (unpaired) electrons. The highest BCUT2D eigenvalue weighted by atomic mass is 17.0. The highest BCUT2D eigenvalue weighted by molar-refractivity contribution is 6.73. The van der Waals surface area contributed by atoms with Crippen LogP contribution in [0.5, 0.6) is 0 Å². The zero-order valence-corrected chi connectivity index (χ0v) is 12.6. The molecule has 0 saturated carbocycles.